The molecule has 116 valence electrons. The predicted octanol–water partition coefficient (Wildman–Crippen LogP) is 3.29. The molecule has 1 fully saturated rings. The second-order valence-electron chi connectivity index (χ2n) is 5.91. The molecule has 0 saturated carbocycles. The lowest BCUT2D eigenvalue weighted by molar-refractivity contribution is -0.132. The van der Waals surface area contributed by atoms with Gasteiger partial charge in [0.05, 0.1) is 6.54 Å². The van der Waals surface area contributed by atoms with Crippen LogP contribution in [-0.2, 0) is 11.3 Å². The summed E-state index contributed by atoms with van der Waals surface area (Å²) < 4.78 is 0. The molecule has 1 aromatic rings. The Morgan fingerprint density at radius 3 is 2.95 bits per heavy atom. The maximum atomic E-state index is 12.6. The lowest BCUT2D eigenvalue weighted by Crippen LogP contribution is -2.35. The third-order valence-electron chi connectivity index (χ3n) is 4.31. The highest BCUT2D eigenvalue weighted by atomic mass is 32.1. The zero-order valence-corrected chi connectivity index (χ0v) is 13.7. The monoisotopic (exact) mass is 306 g/mol. The van der Waals surface area contributed by atoms with Crippen LogP contribution in [0.15, 0.2) is 30.2 Å². The molecular formula is C17H26N2OS. The Morgan fingerprint density at radius 1 is 1.57 bits per heavy atom. The Balaban J connectivity index is 1.89. The van der Waals surface area contributed by atoms with Crippen LogP contribution in [0.5, 0.6) is 0 Å². The lowest BCUT2D eigenvalue weighted by Gasteiger charge is -2.29. The first kappa shape index (κ1) is 16.2. The fraction of sp³-hybridized carbons (Fsp3) is 0.588. The molecule has 0 aromatic carbocycles. The minimum absolute atomic E-state index is 0.259. The maximum absolute atomic E-state index is 12.6. The van der Waals surface area contributed by atoms with E-state index in [-0.39, 0.29) is 5.91 Å². The molecule has 0 radical (unpaired) electrons. The Kier molecular flexibility index (Phi) is 6.46. The zero-order valence-electron chi connectivity index (χ0n) is 12.9. The van der Waals surface area contributed by atoms with Gasteiger partial charge in [0.15, 0.2) is 0 Å². The number of carbonyl (C=O) groups excluding carboxylic acids is 1. The summed E-state index contributed by atoms with van der Waals surface area (Å²) >= 11 is 1.71. The van der Waals surface area contributed by atoms with E-state index in [0.717, 1.165) is 13.1 Å². The van der Waals surface area contributed by atoms with Crippen molar-refractivity contribution in [1.82, 2.24) is 10.2 Å². The van der Waals surface area contributed by atoms with E-state index in [2.05, 4.69) is 30.3 Å². The number of rotatable bonds is 7. The predicted molar refractivity (Wildman–Crippen MR) is 89.3 cm³/mol. The average Bonchev–Trinajstić information content (AvgIpc) is 3.00. The van der Waals surface area contributed by atoms with Crippen LogP contribution in [0.25, 0.3) is 0 Å². The highest BCUT2D eigenvalue weighted by molar-refractivity contribution is 7.09. The summed E-state index contributed by atoms with van der Waals surface area (Å²) in [6, 6.07) is 4.12. The molecule has 2 rings (SSSR count). The van der Waals surface area contributed by atoms with Gasteiger partial charge in [0.25, 0.3) is 0 Å². The number of amides is 1. The Bertz CT molecular complexity index is 438. The van der Waals surface area contributed by atoms with Gasteiger partial charge in [-0.1, -0.05) is 19.1 Å². The van der Waals surface area contributed by atoms with Crippen LogP contribution in [-0.4, -0.2) is 30.4 Å². The summed E-state index contributed by atoms with van der Waals surface area (Å²) in [6.07, 6.45) is 4.87. The third-order valence-corrected chi connectivity index (χ3v) is 5.18. The van der Waals surface area contributed by atoms with Crippen molar-refractivity contribution >= 4 is 17.2 Å². The van der Waals surface area contributed by atoms with Gasteiger partial charge in [-0.15, -0.1) is 17.9 Å². The minimum Gasteiger partial charge on any atom is -0.334 e. The van der Waals surface area contributed by atoms with Gasteiger partial charge in [0, 0.05) is 17.8 Å². The van der Waals surface area contributed by atoms with Crippen LogP contribution in [0.3, 0.4) is 0 Å². The first-order valence-corrected chi connectivity index (χ1v) is 8.70. The van der Waals surface area contributed by atoms with Gasteiger partial charge < -0.3 is 10.2 Å². The van der Waals surface area contributed by atoms with Gasteiger partial charge in [-0.25, -0.2) is 0 Å². The third kappa shape index (κ3) is 4.97. The van der Waals surface area contributed by atoms with Gasteiger partial charge >= 0.3 is 0 Å². The van der Waals surface area contributed by atoms with Gasteiger partial charge in [-0.2, -0.15) is 0 Å². The van der Waals surface area contributed by atoms with E-state index in [9.17, 15) is 4.79 Å². The second kappa shape index (κ2) is 8.35. The quantitative estimate of drug-likeness (QED) is 0.784. The minimum atomic E-state index is 0.259. The lowest BCUT2D eigenvalue weighted by atomic mass is 9.84. The van der Waals surface area contributed by atoms with Crippen LogP contribution >= 0.6 is 11.3 Å². The van der Waals surface area contributed by atoms with E-state index in [1.807, 2.05) is 17.0 Å². The molecule has 3 nitrogen and oxygen atoms in total. The molecule has 4 heteroatoms. The van der Waals surface area contributed by atoms with Crippen molar-refractivity contribution in [3.63, 3.8) is 0 Å². The molecule has 0 bridgehead atoms. The number of thiophene rings is 1. The molecule has 1 aromatic heterocycles. The molecule has 0 aliphatic carbocycles. The Hall–Kier alpha value is -1.13. The number of nitrogens with one attached hydrogen (secondary N) is 1. The molecule has 2 heterocycles. The second-order valence-corrected chi connectivity index (χ2v) is 6.94. The number of nitrogens with zero attached hydrogens (tertiary/aromatic N) is 1. The highest BCUT2D eigenvalue weighted by Crippen LogP contribution is 2.25. The largest absolute Gasteiger partial charge is 0.334 e. The van der Waals surface area contributed by atoms with E-state index in [0.29, 0.717) is 31.3 Å². The van der Waals surface area contributed by atoms with Crippen molar-refractivity contribution in [2.45, 2.75) is 32.7 Å². The van der Waals surface area contributed by atoms with Crippen LogP contribution < -0.4 is 5.32 Å². The van der Waals surface area contributed by atoms with Crippen LogP contribution in [0.4, 0.5) is 0 Å². The molecule has 1 amide bonds. The molecule has 1 saturated heterocycles. The molecule has 1 N–H and O–H groups in total. The van der Waals surface area contributed by atoms with E-state index in [1.165, 1.54) is 17.7 Å². The van der Waals surface area contributed by atoms with Gasteiger partial charge in [0.1, 0.15) is 0 Å². The van der Waals surface area contributed by atoms with Crippen molar-refractivity contribution in [2.75, 3.05) is 19.6 Å². The summed E-state index contributed by atoms with van der Waals surface area (Å²) in [4.78, 5) is 15.7. The van der Waals surface area contributed by atoms with Crippen LogP contribution in [0.2, 0.25) is 0 Å². The fourth-order valence-corrected chi connectivity index (χ4v) is 3.70. The molecule has 0 spiro atoms. The van der Waals surface area contributed by atoms with Gasteiger partial charge in [-0.05, 0) is 49.2 Å². The molecule has 21 heavy (non-hydrogen) atoms. The van der Waals surface area contributed by atoms with Crippen molar-refractivity contribution in [3.05, 3.63) is 35.0 Å². The average molecular weight is 306 g/mol. The summed E-state index contributed by atoms with van der Waals surface area (Å²) in [5.41, 5.74) is 0. The van der Waals surface area contributed by atoms with Crippen LogP contribution in [0, 0.1) is 11.8 Å². The topological polar surface area (TPSA) is 32.3 Å². The molecule has 1 aliphatic rings. The van der Waals surface area contributed by atoms with Crippen molar-refractivity contribution in [3.8, 4) is 0 Å². The van der Waals surface area contributed by atoms with Crippen molar-refractivity contribution in [1.29, 1.82) is 0 Å². The molecule has 1 atom stereocenters. The highest BCUT2D eigenvalue weighted by Gasteiger charge is 2.24. The maximum Gasteiger partial charge on any atom is 0.223 e. The number of hydrogen-bond donors (Lipinski definition) is 1. The SMILES string of the molecule is C=CCN(Cc1cccs1)C(=O)CC(C)C1CCNCC1. The van der Waals surface area contributed by atoms with Gasteiger partial charge in [0.2, 0.25) is 5.91 Å². The van der Waals surface area contributed by atoms with E-state index in [1.54, 1.807) is 11.3 Å². The first-order chi connectivity index (χ1) is 10.2. The smallest absolute Gasteiger partial charge is 0.223 e. The molecular weight excluding hydrogens is 280 g/mol. The number of carbonyl (C=O) groups is 1. The first-order valence-electron chi connectivity index (χ1n) is 7.82. The van der Waals surface area contributed by atoms with E-state index < -0.39 is 0 Å². The van der Waals surface area contributed by atoms with E-state index in [4.69, 9.17) is 0 Å². The van der Waals surface area contributed by atoms with Gasteiger partial charge in [-0.3, -0.25) is 4.79 Å². The number of hydrogen-bond acceptors (Lipinski definition) is 3. The van der Waals surface area contributed by atoms with E-state index >= 15 is 0 Å². The summed E-state index contributed by atoms with van der Waals surface area (Å²) in [5, 5.41) is 5.45. The normalized spacial score (nSPS) is 17.4. The fourth-order valence-electron chi connectivity index (χ4n) is 2.99. The van der Waals surface area contributed by atoms with Crippen molar-refractivity contribution in [2.24, 2.45) is 11.8 Å². The Morgan fingerprint density at radius 2 is 2.33 bits per heavy atom. The summed E-state index contributed by atoms with van der Waals surface area (Å²) in [5.74, 6) is 1.41. The molecule has 1 aliphatic heterocycles. The standard InChI is InChI=1S/C17H26N2OS/c1-3-10-19(13-16-5-4-11-21-16)17(20)12-14(2)15-6-8-18-9-7-15/h3-5,11,14-15,18H,1,6-10,12-13H2,2H3. The molecule has 1 unspecified atom stereocenters. The Labute approximate surface area is 132 Å². The number of piperidine rings is 1. The summed E-state index contributed by atoms with van der Waals surface area (Å²) in [6.45, 7) is 9.54. The van der Waals surface area contributed by atoms with Crippen molar-refractivity contribution < 1.29 is 4.79 Å². The zero-order chi connectivity index (χ0) is 15.1. The van der Waals surface area contributed by atoms with Crippen LogP contribution in [0.1, 0.15) is 31.1 Å². The summed E-state index contributed by atoms with van der Waals surface area (Å²) in [7, 11) is 0.